The number of rotatable bonds is 1. The van der Waals surface area contributed by atoms with Gasteiger partial charge in [0, 0.05) is 12.0 Å². The Hall–Kier alpha value is -0.770. The molecule has 2 N–H and O–H groups in total. The third-order valence-corrected chi connectivity index (χ3v) is 2.60. The van der Waals surface area contributed by atoms with Crippen LogP contribution in [-0.4, -0.2) is 18.3 Å². The number of hydrogen-bond acceptors (Lipinski definition) is 3. The van der Waals surface area contributed by atoms with Gasteiger partial charge in [0.1, 0.15) is 12.0 Å². The fourth-order valence-electron chi connectivity index (χ4n) is 1.65. The van der Waals surface area contributed by atoms with Crippen LogP contribution in [0.5, 0.6) is 5.75 Å². The van der Waals surface area contributed by atoms with Gasteiger partial charge in [-0.2, -0.15) is 0 Å². The molecule has 0 spiro atoms. The molecule has 0 aliphatic carbocycles. The first kappa shape index (κ1) is 13.3. The molecule has 2 rings (SSSR count). The monoisotopic (exact) mass is 243 g/mol. The molecule has 1 fully saturated rings. The van der Waals surface area contributed by atoms with Gasteiger partial charge < -0.3 is 9.84 Å². The van der Waals surface area contributed by atoms with Crippen molar-refractivity contribution in [2.24, 2.45) is 5.41 Å². The minimum absolute atomic E-state index is 0. The molecule has 3 nitrogen and oxygen atoms in total. The molecule has 1 heterocycles. The van der Waals surface area contributed by atoms with E-state index >= 15 is 0 Å². The van der Waals surface area contributed by atoms with Crippen LogP contribution in [-0.2, 0) is 4.74 Å². The molecule has 0 aromatic heterocycles. The molecule has 0 bridgehead atoms. The smallest absolute Gasteiger partial charge is 0.134 e. The number of aromatic hydroxyl groups is 1. The fraction of sp³-hybridized carbons (Fsp3) is 0.500. The first-order chi connectivity index (χ1) is 7.07. The highest BCUT2D eigenvalue weighted by molar-refractivity contribution is 5.85. The average Bonchev–Trinajstić information content (AvgIpc) is 2.20. The zero-order valence-electron chi connectivity index (χ0n) is 9.56. The SMILES string of the molecule is CC1(C)CNC(c2ccc(O)cc2)OC1.Cl. The molecule has 90 valence electrons. The summed E-state index contributed by atoms with van der Waals surface area (Å²) in [5.74, 6) is 0.287. The summed E-state index contributed by atoms with van der Waals surface area (Å²) in [6.07, 6.45) is -0.0429. The zero-order valence-corrected chi connectivity index (χ0v) is 10.4. The Labute approximate surface area is 102 Å². The van der Waals surface area contributed by atoms with Crippen LogP contribution in [0.4, 0.5) is 0 Å². The van der Waals surface area contributed by atoms with E-state index in [1.54, 1.807) is 12.1 Å². The number of phenols is 1. The van der Waals surface area contributed by atoms with Crippen LogP contribution in [0.25, 0.3) is 0 Å². The summed E-state index contributed by atoms with van der Waals surface area (Å²) in [5.41, 5.74) is 1.26. The van der Waals surface area contributed by atoms with Gasteiger partial charge >= 0.3 is 0 Å². The predicted octanol–water partition coefficient (Wildman–Crippen LogP) is 2.46. The maximum Gasteiger partial charge on any atom is 0.134 e. The summed E-state index contributed by atoms with van der Waals surface area (Å²) < 4.78 is 5.73. The van der Waals surface area contributed by atoms with Gasteiger partial charge in [-0.25, -0.2) is 0 Å². The summed E-state index contributed by atoms with van der Waals surface area (Å²) in [5, 5.41) is 12.5. The van der Waals surface area contributed by atoms with Crippen LogP contribution in [0, 0.1) is 5.41 Å². The van der Waals surface area contributed by atoms with Crippen LogP contribution in [0.15, 0.2) is 24.3 Å². The molecule has 1 aliphatic rings. The maximum absolute atomic E-state index is 9.18. The minimum atomic E-state index is -0.0429. The number of halogens is 1. The van der Waals surface area contributed by atoms with Crippen molar-refractivity contribution in [3.05, 3.63) is 29.8 Å². The summed E-state index contributed by atoms with van der Waals surface area (Å²) in [4.78, 5) is 0. The van der Waals surface area contributed by atoms with Crippen molar-refractivity contribution in [3.63, 3.8) is 0 Å². The Morgan fingerprint density at radius 2 is 1.94 bits per heavy atom. The van der Waals surface area contributed by atoms with E-state index in [2.05, 4.69) is 19.2 Å². The van der Waals surface area contributed by atoms with E-state index in [-0.39, 0.29) is 29.8 Å². The molecule has 1 aromatic carbocycles. The van der Waals surface area contributed by atoms with Crippen LogP contribution in [0.1, 0.15) is 25.6 Å². The number of nitrogens with one attached hydrogen (secondary N) is 1. The van der Waals surface area contributed by atoms with E-state index in [1.165, 1.54) is 0 Å². The van der Waals surface area contributed by atoms with Crippen molar-refractivity contribution in [1.82, 2.24) is 5.32 Å². The maximum atomic E-state index is 9.18. The summed E-state index contributed by atoms with van der Waals surface area (Å²) >= 11 is 0. The highest BCUT2D eigenvalue weighted by Crippen LogP contribution is 2.26. The molecule has 1 aliphatic heterocycles. The molecule has 0 amide bonds. The van der Waals surface area contributed by atoms with Gasteiger partial charge in [0.2, 0.25) is 0 Å². The van der Waals surface area contributed by atoms with Crippen molar-refractivity contribution >= 4 is 12.4 Å². The van der Waals surface area contributed by atoms with Gasteiger partial charge in [0.15, 0.2) is 0 Å². The Morgan fingerprint density at radius 1 is 1.31 bits per heavy atom. The minimum Gasteiger partial charge on any atom is -0.508 e. The number of phenolic OH excluding ortho intramolecular Hbond substituents is 1. The standard InChI is InChI=1S/C12H17NO2.ClH/c1-12(2)7-13-11(15-8-12)9-3-5-10(14)6-4-9;/h3-6,11,13-14H,7-8H2,1-2H3;1H. The van der Waals surface area contributed by atoms with E-state index in [0.29, 0.717) is 0 Å². The molecule has 1 atom stereocenters. The van der Waals surface area contributed by atoms with E-state index in [4.69, 9.17) is 4.74 Å². The lowest BCUT2D eigenvalue weighted by Gasteiger charge is -2.35. The van der Waals surface area contributed by atoms with Crippen LogP contribution < -0.4 is 5.32 Å². The second-order valence-corrected chi connectivity index (χ2v) is 4.83. The van der Waals surface area contributed by atoms with Gasteiger partial charge in [-0.15, -0.1) is 12.4 Å². The van der Waals surface area contributed by atoms with Crippen LogP contribution >= 0.6 is 12.4 Å². The second-order valence-electron chi connectivity index (χ2n) is 4.83. The van der Waals surface area contributed by atoms with Crippen molar-refractivity contribution in [1.29, 1.82) is 0 Å². The Balaban J connectivity index is 0.00000128. The normalized spacial score (nSPS) is 23.5. The van der Waals surface area contributed by atoms with Gasteiger partial charge in [0.25, 0.3) is 0 Å². The fourth-order valence-corrected chi connectivity index (χ4v) is 1.65. The van der Waals surface area contributed by atoms with Crippen LogP contribution in [0.3, 0.4) is 0 Å². The molecule has 0 saturated carbocycles. The van der Waals surface area contributed by atoms with Gasteiger partial charge in [0.05, 0.1) is 6.61 Å². The second kappa shape index (κ2) is 5.04. The molecule has 1 aromatic rings. The summed E-state index contributed by atoms with van der Waals surface area (Å²) in [7, 11) is 0. The molecule has 1 saturated heterocycles. The average molecular weight is 244 g/mol. The largest absolute Gasteiger partial charge is 0.508 e. The highest BCUT2D eigenvalue weighted by Gasteiger charge is 2.27. The third kappa shape index (κ3) is 3.11. The Morgan fingerprint density at radius 3 is 2.44 bits per heavy atom. The Bertz CT molecular complexity index is 327. The van der Waals surface area contributed by atoms with E-state index in [9.17, 15) is 5.11 Å². The molecule has 16 heavy (non-hydrogen) atoms. The van der Waals surface area contributed by atoms with Crippen molar-refractivity contribution < 1.29 is 9.84 Å². The first-order valence-corrected chi connectivity index (χ1v) is 5.21. The topological polar surface area (TPSA) is 41.5 Å². The van der Waals surface area contributed by atoms with Crippen molar-refractivity contribution in [2.75, 3.05) is 13.2 Å². The number of benzene rings is 1. The molecule has 1 unspecified atom stereocenters. The van der Waals surface area contributed by atoms with Gasteiger partial charge in [-0.3, -0.25) is 5.32 Å². The lowest BCUT2D eigenvalue weighted by atomic mass is 9.93. The van der Waals surface area contributed by atoms with Gasteiger partial charge in [-0.1, -0.05) is 26.0 Å². The number of ether oxygens (including phenoxy) is 1. The highest BCUT2D eigenvalue weighted by atomic mass is 35.5. The Kier molecular flexibility index (Phi) is 4.19. The summed E-state index contributed by atoms with van der Waals surface area (Å²) in [6.45, 7) is 6.05. The van der Waals surface area contributed by atoms with E-state index < -0.39 is 0 Å². The predicted molar refractivity (Wildman–Crippen MR) is 65.8 cm³/mol. The van der Waals surface area contributed by atoms with E-state index in [1.807, 2.05) is 12.1 Å². The van der Waals surface area contributed by atoms with Crippen molar-refractivity contribution in [3.8, 4) is 5.75 Å². The zero-order chi connectivity index (χ0) is 10.9. The first-order valence-electron chi connectivity index (χ1n) is 5.21. The lowest BCUT2D eigenvalue weighted by molar-refractivity contribution is -0.0595. The number of hydrogen-bond donors (Lipinski definition) is 2. The van der Waals surface area contributed by atoms with Crippen molar-refractivity contribution in [2.45, 2.75) is 20.1 Å². The third-order valence-electron chi connectivity index (χ3n) is 2.60. The quantitative estimate of drug-likeness (QED) is 0.796. The lowest BCUT2D eigenvalue weighted by Crippen LogP contribution is -2.42. The molecule has 4 heteroatoms. The van der Waals surface area contributed by atoms with Crippen LogP contribution in [0.2, 0.25) is 0 Å². The molecule has 0 radical (unpaired) electrons. The van der Waals surface area contributed by atoms with E-state index in [0.717, 1.165) is 18.7 Å². The molecular weight excluding hydrogens is 226 g/mol. The van der Waals surface area contributed by atoms with Gasteiger partial charge in [-0.05, 0) is 17.7 Å². The summed E-state index contributed by atoms with van der Waals surface area (Å²) in [6, 6.07) is 7.12. The molecular formula is C12H18ClNO2.